The summed E-state index contributed by atoms with van der Waals surface area (Å²) in [5.41, 5.74) is 1.44. The second-order valence-electron chi connectivity index (χ2n) is 7.76. The van der Waals surface area contributed by atoms with Crippen molar-refractivity contribution in [3.8, 4) is 11.5 Å². The molecule has 0 bridgehead atoms. The van der Waals surface area contributed by atoms with Gasteiger partial charge in [-0.2, -0.15) is 0 Å². The number of phenolic OH excluding ortho intramolecular Hbond substituents is 1. The molecule has 2 aliphatic rings. The zero-order valence-electron chi connectivity index (χ0n) is 16.9. The molecule has 1 aromatic carbocycles. The van der Waals surface area contributed by atoms with Gasteiger partial charge in [-0.05, 0) is 39.7 Å². The zero-order valence-corrected chi connectivity index (χ0v) is 16.9. The Bertz CT molecular complexity index is 923. The van der Waals surface area contributed by atoms with Gasteiger partial charge in [-0.25, -0.2) is 0 Å². The number of fused-ring (bicyclic) bond motifs is 3. The summed E-state index contributed by atoms with van der Waals surface area (Å²) in [5, 5.41) is 19.9. The summed E-state index contributed by atoms with van der Waals surface area (Å²) in [6.07, 6.45) is 3.01. The van der Waals surface area contributed by atoms with Crippen molar-refractivity contribution in [3.05, 3.63) is 45.7 Å². The Balaban J connectivity index is 2.13. The lowest BCUT2D eigenvalue weighted by Crippen LogP contribution is -2.32. The molecule has 6 heteroatoms. The van der Waals surface area contributed by atoms with Crippen LogP contribution in [0.15, 0.2) is 29.0 Å². The van der Waals surface area contributed by atoms with E-state index >= 15 is 0 Å². The topological polar surface area (TPSA) is 93.1 Å². The van der Waals surface area contributed by atoms with E-state index in [0.717, 1.165) is 5.57 Å². The van der Waals surface area contributed by atoms with E-state index in [9.17, 15) is 19.8 Å². The van der Waals surface area contributed by atoms with Crippen LogP contribution in [0.5, 0.6) is 11.5 Å². The van der Waals surface area contributed by atoms with Gasteiger partial charge in [-0.1, -0.05) is 18.6 Å². The molecule has 28 heavy (non-hydrogen) atoms. The van der Waals surface area contributed by atoms with Crippen LogP contribution in [0.4, 0.5) is 0 Å². The number of rotatable bonds is 5. The van der Waals surface area contributed by atoms with E-state index in [1.807, 2.05) is 26.8 Å². The number of hydrogen-bond donors (Lipinski definition) is 2. The fraction of sp³-hybridized carbons (Fsp3) is 0.455. The Hall–Kier alpha value is -2.60. The van der Waals surface area contributed by atoms with E-state index in [1.165, 1.54) is 13.2 Å². The van der Waals surface area contributed by atoms with Gasteiger partial charge in [0.2, 0.25) is 5.78 Å². The van der Waals surface area contributed by atoms with E-state index in [2.05, 4.69) is 0 Å². The first kappa shape index (κ1) is 20.1. The van der Waals surface area contributed by atoms with Gasteiger partial charge in [0.15, 0.2) is 11.5 Å². The predicted molar refractivity (Wildman–Crippen MR) is 104 cm³/mol. The summed E-state index contributed by atoms with van der Waals surface area (Å²) in [6.45, 7) is 7.29. The van der Waals surface area contributed by atoms with Gasteiger partial charge in [0, 0.05) is 22.1 Å². The van der Waals surface area contributed by atoms with Crippen LogP contribution in [-0.2, 0) is 10.2 Å². The van der Waals surface area contributed by atoms with Crippen molar-refractivity contribution in [1.29, 1.82) is 0 Å². The molecule has 1 aliphatic heterocycles. The molecular weight excluding hydrogens is 360 g/mol. The van der Waals surface area contributed by atoms with Crippen LogP contribution in [0.25, 0.3) is 0 Å². The standard InChI is InChI=1S/C22H26O6/c1-11(10-23)7-6-8-22(4)13(3)28-21-16-14(9-15(24)17(21)22)19(26)20(27-5)12(2)18(16)25/h7,9,13,23-24H,6,8,10H2,1-5H3/t13-,22+/m1/s1. The monoisotopic (exact) mass is 386 g/mol. The lowest BCUT2D eigenvalue weighted by atomic mass is 9.73. The number of ketones is 2. The van der Waals surface area contributed by atoms with Crippen LogP contribution in [0, 0.1) is 0 Å². The number of Topliss-reactive ketones (excluding diaryl/α,β-unsaturated/α-hetero) is 2. The van der Waals surface area contributed by atoms with Crippen molar-refractivity contribution < 1.29 is 29.3 Å². The van der Waals surface area contributed by atoms with Crippen molar-refractivity contribution in [2.45, 2.75) is 52.1 Å². The van der Waals surface area contributed by atoms with Crippen LogP contribution in [-0.4, -0.2) is 41.6 Å². The van der Waals surface area contributed by atoms with E-state index in [4.69, 9.17) is 9.47 Å². The minimum atomic E-state index is -0.539. The summed E-state index contributed by atoms with van der Waals surface area (Å²) >= 11 is 0. The van der Waals surface area contributed by atoms with Gasteiger partial charge in [-0.15, -0.1) is 0 Å². The highest BCUT2D eigenvalue weighted by atomic mass is 16.5. The number of carbonyl (C=O) groups is 2. The number of aliphatic hydroxyl groups is 1. The highest BCUT2D eigenvalue weighted by Gasteiger charge is 2.48. The third-order valence-corrected chi connectivity index (χ3v) is 5.99. The molecule has 1 aliphatic carbocycles. The third kappa shape index (κ3) is 2.83. The minimum absolute atomic E-state index is 0.00215. The molecule has 1 aromatic rings. The second-order valence-corrected chi connectivity index (χ2v) is 7.76. The molecule has 0 spiro atoms. The Kier molecular flexibility index (Phi) is 5.10. The second kappa shape index (κ2) is 7.09. The molecule has 2 N–H and O–H groups in total. The van der Waals surface area contributed by atoms with Crippen LogP contribution < -0.4 is 4.74 Å². The van der Waals surface area contributed by atoms with Gasteiger partial charge >= 0.3 is 0 Å². The Morgan fingerprint density at radius 1 is 1.36 bits per heavy atom. The number of carbonyl (C=O) groups excluding carboxylic acids is 2. The van der Waals surface area contributed by atoms with Gasteiger partial charge in [0.25, 0.3) is 0 Å². The Morgan fingerprint density at radius 2 is 2.04 bits per heavy atom. The Morgan fingerprint density at radius 3 is 2.64 bits per heavy atom. The molecule has 0 saturated heterocycles. The van der Waals surface area contributed by atoms with Crippen LogP contribution >= 0.6 is 0 Å². The molecule has 0 amide bonds. The molecule has 2 atom stereocenters. The molecule has 0 unspecified atom stereocenters. The Labute approximate surface area is 164 Å². The van der Waals surface area contributed by atoms with E-state index in [0.29, 0.717) is 24.2 Å². The zero-order chi connectivity index (χ0) is 20.8. The smallest absolute Gasteiger partial charge is 0.228 e. The highest BCUT2D eigenvalue weighted by molar-refractivity contribution is 6.27. The molecule has 0 aromatic heterocycles. The van der Waals surface area contributed by atoms with Gasteiger partial charge in [0.05, 0.1) is 19.3 Å². The fourth-order valence-electron chi connectivity index (χ4n) is 4.07. The van der Waals surface area contributed by atoms with Crippen LogP contribution in [0.1, 0.15) is 66.8 Å². The first-order chi connectivity index (χ1) is 13.2. The summed E-state index contributed by atoms with van der Waals surface area (Å²) in [7, 11) is 1.35. The number of aromatic hydroxyl groups is 1. The van der Waals surface area contributed by atoms with Gasteiger partial charge < -0.3 is 19.7 Å². The molecule has 0 radical (unpaired) electrons. The van der Waals surface area contributed by atoms with Crippen molar-refractivity contribution in [3.63, 3.8) is 0 Å². The highest BCUT2D eigenvalue weighted by Crippen LogP contribution is 2.53. The van der Waals surface area contributed by atoms with E-state index < -0.39 is 11.2 Å². The summed E-state index contributed by atoms with van der Waals surface area (Å²) in [4.78, 5) is 25.7. The number of methoxy groups -OCH3 is 1. The van der Waals surface area contributed by atoms with Gasteiger partial charge in [0.1, 0.15) is 17.6 Å². The molecule has 1 heterocycles. The maximum absolute atomic E-state index is 13.0. The lowest BCUT2D eigenvalue weighted by Gasteiger charge is -2.28. The SMILES string of the molecule is COC1=C(C)C(=O)c2c(cc(O)c3c2O[C@H](C)[C@]3(C)CCC=C(C)CO)C1=O. The molecule has 0 saturated carbocycles. The van der Waals surface area contributed by atoms with Gasteiger partial charge in [-0.3, -0.25) is 9.59 Å². The fourth-order valence-corrected chi connectivity index (χ4v) is 4.07. The summed E-state index contributed by atoms with van der Waals surface area (Å²) in [5.74, 6) is -0.523. The van der Waals surface area contributed by atoms with Crippen molar-refractivity contribution in [2.75, 3.05) is 13.7 Å². The molecule has 0 fully saturated rings. The first-order valence-corrected chi connectivity index (χ1v) is 9.35. The van der Waals surface area contributed by atoms with E-state index in [1.54, 1.807) is 6.92 Å². The number of ether oxygens (including phenoxy) is 2. The normalized spacial score (nSPS) is 24.2. The van der Waals surface area contributed by atoms with Crippen molar-refractivity contribution >= 4 is 11.6 Å². The molecular formula is C22H26O6. The quantitative estimate of drug-likeness (QED) is 0.753. The lowest BCUT2D eigenvalue weighted by molar-refractivity contribution is 0.0902. The number of aliphatic hydroxyl groups excluding tert-OH is 1. The maximum atomic E-state index is 13.0. The van der Waals surface area contributed by atoms with Crippen molar-refractivity contribution in [2.24, 2.45) is 0 Å². The maximum Gasteiger partial charge on any atom is 0.228 e. The van der Waals surface area contributed by atoms with Crippen molar-refractivity contribution in [1.82, 2.24) is 0 Å². The summed E-state index contributed by atoms with van der Waals surface area (Å²) < 4.78 is 11.2. The molecule has 150 valence electrons. The molecule has 3 rings (SSSR count). The minimum Gasteiger partial charge on any atom is -0.507 e. The first-order valence-electron chi connectivity index (χ1n) is 9.35. The number of phenols is 1. The van der Waals surface area contributed by atoms with Crippen LogP contribution in [0.2, 0.25) is 0 Å². The average molecular weight is 386 g/mol. The number of allylic oxidation sites excluding steroid dienone is 3. The number of hydrogen-bond acceptors (Lipinski definition) is 6. The average Bonchev–Trinajstić information content (AvgIpc) is 2.91. The van der Waals surface area contributed by atoms with E-state index in [-0.39, 0.29) is 46.7 Å². The predicted octanol–water partition coefficient (Wildman–Crippen LogP) is 3.45. The summed E-state index contributed by atoms with van der Waals surface area (Å²) in [6, 6.07) is 1.36. The largest absolute Gasteiger partial charge is 0.507 e. The van der Waals surface area contributed by atoms with Crippen LogP contribution in [0.3, 0.4) is 0 Å². The third-order valence-electron chi connectivity index (χ3n) is 5.99. The number of benzene rings is 1. The molecule has 6 nitrogen and oxygen atoms in total.